The summed E-state index contributed by atoms with van der Waals surface area (Å²) >= 11 is 0. The van der Waals surface area contributed by atoms with E-state index in [4.69, 9.17) is 10.5 Å². The van der Waals surface area contributed by atoms with Crippen LogP contribution in [0.2, 0.25) is 0 Å². The monoisotopic (exact) mass is 166 g/mol. The first-order valence-corrected chi connectivity index (χ1v) is 3.98. The van der Waals surface area contributed by atoms with E-state index in [1.165, 1.54) is 0 Å². The van der Waals surface area contributed by atoms with Crippen LogP contribution in [0.4, 0.5) is 5.69 Å². The number of nitrogens with two attached hydrogens (primary N) is 1. The third kappa shape index (κ3) is 2.12. The molecular weight excluding hydrogens is 152 g/mol. The van der Waals surface area contributed by atoms with E-state index in [2.05, 4.69) is 4.98 Å². The summed E-state index contributed by atoms with van der Waals surface area (Å²) in [5.74, 6) is 0.524. The fourth-order valence-electron chi connectivity index (χ4n) is 0.901. The number of hydrogen-bond donors (Lipinski definition) is 1. The Labute approximate surface area is 72.6 Å². The van der Waals surface area contributed by atoms with Crippen molar-refractivity contribution in [1.29, 1.82) is 0 Å². The molecular formula is C9H14N2O. The largest absolute Gasteiger partial charge is 0.473 e. The average Bonchev–Trinajstić information content (AvgIpc) is 1.94. The van der Waals surface area contributed by atoms with Crippen LogP contribution in [0.1, 0.15) is 19.4 Å². The van der Waals surface area contributed by atoms with Gasteiger partial charge in [-0.3, -0.25) is 0 Å². The van der Waals surface area contributed by atoms with Crippen LogP contribution >= 0.6 is 0 Å². The van der Waals surface area contributed by atoms with Gasteiger partial charge in [0.2, 0.25) is 5.88 Å². The Morgan fingerprint density at radius 3 is 2.67 bits per heavy atom. The van der Waals surface area contributed by atoms with Crippen LogP contribution in [-0.2, 0) is 0 Å². The number of anilines is 1. The fraction of sp³-hybridized carbons (Fsp3) is 0.444. The molecule has 0 atom stereocenters. The van der Waals surface area contributed by atoms with Gasteiger partial charge in [-0.2, -0.15) is 0 Å². The van der Waals surface area contributed by atoms with Gasteiger partial charge in [0, 0.05) is 6.20 Å². The van der Waals surface area contributed by atoms with E-state index in [9.17, 15) is 0 Å². The molecule has 1 aromatic heterocycles. The summed E-state index contributed by atoms with van der Waals surface area (Å²) in [7, 11) is 0. The Kier molecular flexibility index (Phi) is 2.53. The topological polar surface area (TPSA) is 48.1 Å². The van der Waals surface area contributed by atoms with Crippen LogP contribution in [0.15, 0.2) is 12.3 Å². The lowest BCUT2D eigenvalue weighted by molar-refractivity contribution is 0.234. The molecule has 0 spiro atoms. The molecule has 12 heavy (non-hydrogen) atoms. The lowest BCUT2D eigenvalue weighted by atomic mass is 10.3. The summed E-state index contributed by atoms with van der Waals surface area (Å²) < 4.78 is 5.36. The van der Waals surface area contributed by atoms with E-state index in [1.54, 1.807) is 6.20 Å². The summed E-state index contributed by atoms with van der Waals surface area (Å²) in [6, 6.07) is 1.85. The Balaban J connectivity index is 2.86. The van der Waals surface area contributed by atoms with Crippen molar-refractivity contribution in [2.75, 3.05) is 5.73 Å². The van der Waals surface area contributed by atoms with Gasteiger partial charge in [0.05, 0.1) is 11.8 Å². The van der Waals surface area contributed by atoms with Crippen LogP contribution in [0, 0.1) is 6.92 Å². The fourth-order valence-corrected chi connectivity index (χ4v) is 0.901. The minimum absolute atomic E-state index is 0.113. The molecule has 0 aliphatic carbocycles. The second-order valence-corrected chi connectivity index (χ2v) is 3.07. The van der Waals surface area contributed by atoms with E-state index in [0.29, 0.717) is 11.6 Å². The van der Waals surface area contributed by atoms with Crippen molar-refractivity contribution in [2.24, 2.45) is 0 Å². The summed E-state index contributed by atoms with van der Waals surface area (Å²) in [5.41, 5.74) is 7.33. The van der Waals surface area contributed by atoms with Crippen LogP contribution in [0.5, 0.6) is 5.88 Å². The van der Waals surface area contributed by atoms with Crippen molar-refractivity contribution < 1.29 is 4.74 Å². The molecule has 0 aromatic carbocycles. The molecule has 66 valence electrons. The molecule has 0 saturated heterocycles. The molecule has 0 unspecified atom stereocenters. The van der Waals surface area contributed by atoms with Crippen molar-refractivity contribution in [2.45, 2.75) is 26.9 Å². The number of aryl methyl sites for hydroxylation is 1. The molecule has 1 aromatic rings. The highest BCUT2D eigenvalue weighted by Crippen LogP contribution is 2.19. The number of nitrogens with zero attached hydrogens (tertiary/aromatic N) is 1. The smallest absolute Gasteiger partial charge is 0.237 e. The van der Waals surface area contributed by atoms with Crippen molar-refractivity contribution in [3.63, 3.8) is 0 Å². The van der Waals surface area contributed by atoms with Gasteiger partial charge in [-0.1, -0.05) is 0 Å². The van der Waals surface area contributed by atoms with Gasteiger partial charge in [-0.15, -0.1) is 0 Å². The maximum absolute atomic E-state index is 5.68. The van der Waals surface area contributed by atoms with Gasteiger partial charge < -0.3 is 10.5 Å². The van der Waals surface area contributed by atoms with E-state index in [1.807, 2.05) is 26.8 Å². The lowest BCUT2D eigenvalue weighted by Gasteiger charge is -2.10. The Hall–Kier alpha value is -1.25. The second-order valence-electron chi connectivity index (χ2n) is 3.07. The summed E-state index contributed by atoms with van der Waals surface area (Å²) in [6.07, 6.45) is 1.86. The first-order chi connectivity index (χ1) is 5.59. The molecule has 0 radical (unpaired) electrons. The van der Waals surface area contributed by atoms with Crippen molar-refractivity contribution in [3.05, 3.63) is 17.8 Å². The minimum atomic E-state index is 0.113. The predicted molar refractivity (Wildman–Crippen MR) is 49.2 cm³/mol. The zero-order valence-electron chi connectivity index (χ0n) is 7.66. The molecule has 3 heteroatoms. The van der Waals surface area contributed by atoms with Gasteiger partial charge in [-0.25, -0.2) is 4.98 Å². The molecule has 1 heterocycles. The number of hydrogen-bond acceptors (Lipinski definition) is 3. The number of nitrogen functional groups attached to an aromatic ring is 1. The molecule has 0 fully saturated rings. The third-order valence-corrected chi connectivity index (χ3v) is 1.36. The highest BCUT2D eigenvalue weighted by atomic mass is 16.5. The van der Waals surface area contributed by atoms with Gasteiger partial charge in [0.15, 0.2) is 0 Å². The quantitative estimate of drug-likeness (QED) is 0.728. The highest BCUT2D eigenvalue weighted by Gasteiger charge is 2.03. The first-order valence-electron chi connectivity index (χ1n) is 3.98. The molecule has 0 bridgehead atoms. The van der Waals surface area contributed by atoms with Crippen molar-refractivity contribution in [1.82, 2.24) is 4.98 Å². The van der Waals surface area contributed by atoms with Crippen LogP contribution in [0.25, 0.3) is 0 Å². The van der Waals surface area contributed by atoms with Crippen LogP contribution < -0.4 is 10.5 Å². The van der Waals surface area contributed by atoms with Gasteiger partial charge in [0.25, 0.3) is 0 Å². The first kappa shape index (κ1) is 8.84. The molecule has 1 rings (SSSR count). The molecule has 0 aliphatic heterocycles. The Bertz CT molecular complexity index is 271. The second kappa shape index (κ2) is 3.43. The SMILES string of the molecule is Cc1cnc(OC(C)C)c(N)c1. The standard InChI is InChI=1S/C9H14N2O/c1-6(2)12-9-8(10)4-7(3)5-11-9/h4-6H,10H2,1-3H3. The van der Waals surface area contributed by atoms with Gasteiger partial charge >= 0.3 is 0 Å². The van der Waals surface area contributed by atoms with Gasteiger partial charge in [-0.05, 0) is 32.4 Å². The number of rotatable bonds is 2. The highest BCUT2D eigenvalue weighted by molar-refractivity contribution is 5.49. The maximum Gasteiger partial charge on any atom is 0.237 e. The van der Waals surface area contributed by atoms with E-state index in [0.717, 1.165) is 5.56 Å². The summed E-state index contributed by atoms with van der Waals surface area (Å²) in [6.45, 7) is 5.84. The normalized spacial score (nSPS) is 10.3. The van der Waals surface area contributed by atoms with Crippen molar-refractivity contribution >= 4 is 5.69 Å². The average molecular weight is 166 g/mol. The molecule has 2 N–H and O–H groups in total. The molecule has 3 nitrogen and oxygen atoms in total. The van der Waals surface area contributed by atoms with Gasteiger partial charge in [0.1, 0.15) is 0 Å². The summed E-state index contributed by atoms with van der Waals surface area (Å²) in [5, 5.41) is 0. The number of pyridine rings is 1. The minimum Gasteiger partial charge on any atom is -0.473 e. The maximum atomic E-state index is 5.68. The van der Waals surface area contributed by atoms with E-state index in [-0.39, 0.29) is 6.10 Å². The summed E-state index contributed by atoms with van der Waals surface area (Å²) in [4.78, 5) is 4.07. The van der Waals surface area contributed by atoms with E-state index < -0.39 is 0 Å². The molecule has 0 saturated carbocycles. The van der Waals surface area contributed by atoms with Crippen LogP contribution in [0.3, 0.4) is 0 Å². The Morgan fingerprint density at radius 2 is 2.17 bits per heavy atom. The molecule has 0 amide bonds. The zero-order chi connectivity index (χ0) is 9.14. The number of ether oxygens (including phenoxy) is 1. The lowest BCUT2D eigenvalue weighted by Crippen LogP contribution is -2.08. The van der Waals surface area contributed by atoms with Crippen molar-refractivity contribution in [3.8, 4) is 5.88 Å². The molecule has 0 aliphatic rings. The predicted octanol–water partition coefficient (Wildman–Crippen LogP) is 1.76. The van der Waals surface area contributed by atoms with E-state index >= 15 is 0 Å². The number of aromatic nitrogens is 1. The van der Waals surface area contributed by atoms with Crippen LogP contribution in [-0.4, -0.2) is 11.1 Å². The zero-order valence-corrected chi connectivity index (χ0v) is 7.66. The third-order valence-electron chi connectivity index (χ3n) is 1.36. The Morgan fingerprint density at radius 1 is 1.50 bits per heavy atom.